The van der Waals surface area contributed by atoms with E-state index in [-0.39, 0.29) is 17.7 Å². The maximum Gasteiger partial charge on any atom is 0.253 e. The number of rotatable bonds is 4. The number of hydrogen-bond acceptors (Lipinski definition) is 3. The second kappa shape index (κ2) is 8.94. The second-order valence-electron chi connectivity index (χ2n) is 7.87. The predicted octanol–water partition coefficient (Wildman–Crippen LogP) is 4.63. The van der Waals surface area contributed by atoms with Crippen molar-refractivity contribution in [3.8, 4) is 5.69 Å². The first-order chi connectivity index (χ1) is 14.9. The van der Waals surface area contributed by atoms with Crippen LogP contribution in [0.2, 0.25) is 5.02 Å². The Morgan fingerprint density at radius 2 is 1.65 bits per heavy atom. The molecule has 2 amide bonds. The summed E-state index contributed by atoms with van der Waals surface area (Å²) in [6.07, 6.45) is 1.32. The molecule has 1 aromatic heterocycles. The van der Waals surface area contributed by atoms with Crippen LogP contribution in [0.25, 0.3) is 5.69 Å². The van der Waals surface area contributed by atoms with Gasteiger partial charge in [-0.3, -0.25) is 9.59 Å². The molecular weight excluding hydrogens is 412 g/mol. The topological polar surface area (TPSA) is 67.2 Å². The van der Waals surface area contributed by atoms with E-state index in [1.165, 1.54) is 0 Å². The van der Waals surface area contributed by atoms with Crippen molar-refractivity contribution in [1.82, 2.24) is 14.7 Å². The van der Waals surface area contributed by atoms with Gasteiger partial charge in [-0.15, -0.1) is 0 Å². The Morgan fingerprint density at radius 1 is 1.00 bits per heavy atom. The number of aryl methyl sites for hydroxylation is 1. The molecule has 7 heteroatoms. The van der Waals surface area contributed by atoms with Crippen LogP contribution in [0.15, 0.2) is 54.6 Å². The molecule has 0 spiro atoms. The average Bonchev–Trinajstić information content (AvgIpc) is 3.06. The van der Waals surface area contributed by atoms with Crippen LogP contribution in [0.3, 0.4) is 0 Å². The highest BCUT2D eigenvalue weighted by Crippen LogP contribution is 2.24. The van der Waals surface area contributed by atoms with E-state index in [1.54, 1.807) is 4.68 Å². The molecule has 160 valence electrons. The van der Waals surface area contributed by atoms with Crippen LogP contribution in [0, 0.1) is 19.8 Å². The van der Waals surface area contributed by atoms with E-state index in [4.69, 9.17) is 11.6 Å². The summed E-state index contributed by atoms with van der Waals surface area (Å²) in [5, 5.41) is 8.06. The predicted molar refractivity (Wildman–Crippen MR) is 122 cm³/mol. The van der Waals surface area contributed by atoms with Gasteiger partial charge in [0.25, 0.3) is 5.91 Å². The van der Waals surface area contributed by atoms with Gasteiger partial charge in [0.15, 0.2) is 0 Å². The van der Waals surface area contributed by atoms with Gasteiger partial charge in [-0.2, -0.15) is 5.10 Å². The molecule has 31 heavy (non-hydrogen) atoms. The summed E-state index contributed by atoms with van der Waals surface area (Å²) in [6.45, 7) is 4.92. The number of piperidine rings is 1. The SMILES string of the molecule is Cc1nn(-c2ccc(C(=O)N3CCC(C(=O)Nc4ccccc4)CC3)cc2)c(C)c1Cl. The standard InChI is InChI=1S/C24H25ClN4O2/c1-16-22(25)17(2)29(27-16)21-10-8-19(9-11-21)24(31)28-14-12-18(13-15-28)23(30)26-20-6-4-3-5-7-20/h3-11,18H,12-15H2,1-2H3,(H,26,30). The van der Waals surface area contributed by atoms with Gasteiger partial charge in [-0.1, -0.05) is 29.8 Å². The zero-order valence-corrected chi connectivity index (χ0v) is 18.4. The van der Waals surface area contributed by atoms with E-state index in [0.717, 1.165) is 22.8 Å². The van der Waals surface area contributed by atoms with Crippen LogP contribution in [0.5, 0.6) is 0 Å². The van der Waals surface area contributed by atoms with Gasteiger partial charge in [0.05, 0.1) is 22.1 Å². The molecule has 1 aliphatic rings. The first kappa shape index (κ1) is 21.1. The Hall–Kier alpha value is -3.12. The highest BCUT2D eigenvalue weighted by molar-refractivity contribution is 6.31. The van der Waals surface area contributed by atoms with Crippen molar-refractivity contribution in [1.29, 1.82) is 0 Å². The summed E-state index contributed by atoms with van der Waals surface area (Å²) in [4.78, 5) is 27.3. The van der Waals surface area contributed by atoms with E-state index in [1.807, 2.05) is 73.3 Å². The molecule has 6 nitrogen and oxygen atoms in total. The summed E-state index contributed by atoms with van der Waals surface area (Å²) in [6, 6.07) is 16.8. The zero-order valence-electron chi connectivity index (χ0n) is 17.6. The average molecular weight is 437 g/mol. The fourth-order valence-corrected chi connectivity index (χ4v) is 4.03. The van der Waals surface area contributed by atoms with Crippen molar-refractivity contribution in [2.24, 2.45) is 5.92 Å². The van der Waals surface area contributed by atoms with Gasteiger partial charge in [0, 0.05) is 30.3 Å². The summed E-state index contributed by atoms with van der Waals surface area (Å²) in [7, 11) is 0. The number of carbonyl (C=O) groups excluding carboxylic acids is 2. The van der Waals surface area contributed by atoms with E-state index in [2.05, 4.69) is 10.4 Å². The highest BCUT2D eigenvalue weighted by Gasteiger charge is 2.28. The maximum atomic E-state index is 12.9. The lowest BCUT2D eigenvalue weighted by molar-refractivity contribution is -0.121. The molecule has 0 saturated carbocycles. The van der Waals surface area contributed by atoms with Crippen molar-refractivity contribution in [3.63, 3.8) is 0 Å². The number of benzene rings is 2. The molecule has 0 unspecified atom stereocenters. The monoisotopic (exact) mass is 436 g/mol. The quantitative estimate of drug-likeness (QED) is 0.648. The largest absolute Gasteiger partial charge is 0.339 e. The lowest BCUT2D eigenvalue weighted by Gasteiger charge is -2.31. The zero-order chi connectivity index (χ0) is 22.0. The minimum atomic E-state index is -0.0811. The van der Waals surface area contributed by atoms with Crippen LogP contribution < -0.4 is 5.32 Å². The Morgan fingerprint density at radius 3 is 2.23 bits per heavy atom. The van der Waals surface area contributed by atoms with Crippen LogP contribution in [-0.2, 0) is 4.79 Å². The Labute approximate surface area is 186 Å². The summed E-state index contributed by atoms with van der Waals surface area (Å²) >= 11 is 6.24. The number of nitrogens with zero attached hydrogens (tertiary/aromatic N) is 3. The summed E-state index contributed by atoms with van der Waals surface area (Å²) < 4.78 is 1.78. The Bertz CT molecular complexity index is 1080. The molecular formula is C24H25ClN4O2. The van der Waals surface area contributed by atoms with Gasteiger partial charge in [0.2, 0.25) is 5.91 Å². The molecule has 2 heterocycles. The van der Waals surface area contributed by atoms with Gasteiger partial charge >= 0.3 is 0 Å². The second-order valence-corrected chi connectivity index (χ2v) is 8.24. The van der Waals surface area contributed by atoms with E-state index in [0.29, 0.717) is 36.5 Å². The van der Waals surface area contributed by atoms with Crippen molar-refractivity contribution in [2.45, 2.75) is 26.7 Å². The van der Waals surface area contributed by atoms with E-state index < -0.39 is 0 Å². The van der Waals surface area contributed by atoms with E-state index >= 15 is 0 Å². The molecule has 0 radical (unpaired) electrons. The van der Waals surface area contributed by atoms with Crippen molar-refractivity contribution >= 4 is 29.1 Å². The molecule has 1 fully saturated rings. The lowest BCUT2D eigenvalue weighted by atomic mass is 9.95. The van der Waals surface area contributed by atoms with Crippen molar-refractivity contribution in [3.05, 3.63) is 76.6 Å². The summed E-state index contributed by atoms with van der Waals surface area (Å²) in [5.41, 5.74) is 3.94. The van der Waals surface area contributed by atoms with Crippen LogP contribution in [0.1, 0.15) is 34.6 Å². The third-order valence-corrected chi connectivity index (χ3v) is 6.30. The lowest BCUT2D eigenvalue weighted by Crippen LogP contribution is -2.41. The fraction of sp³-hybridized carbons (Fsp3) is 0.292. The number of anilines is 1. The molecule has 0 atom stereocenters. The number of hydrogen-bond donors (Lipinski definition) is 1. The molecule has 4 rings (SSSR count). The number of aromatic nitrogens is 2. The Balaban J connectivity index is 1.36. The van der Waals surface area contributed by atoms with Gasteiger partial charge in [0.1, 0.15) is 0 Å². The normalized spacial score (nSPS) is 14.5. The molecule has 0 bridgehead atoms. The van der Waals surface area contributed by atoms with Crippen molar-refractivity contribution in [2.75, 3.05) is 18.4 Å². The first-order valence-electron chi connectivity index (χ1n) is 10.4. The van der Waals surface area contributed by atoms with Crippen LogP contribution in [0.4, 0.5) is 5.69 Å². The first-order valence-corrected chi connectivity index (χ1v) is 10.8. The maximum absolute atomic E-state index is 12.9. The highest BCUT2D eigenvalue weighted by atomic mass is 35.5. The molecule has 3 aromatic rings. The number of amides is 2. The third-order valence-electron chi connectivity index (χ3n) is 5.76. The molecule has 1 N–H and O–H groups in total. The number of likely N-dealkylation sites (tertiary alicyclic amines) is 1. The fourth-order valence-electron chi connectivity index (χ4n) is 3.91. The van der Waals surface area contributed by atoms with Gasteiger partial charge in [-0.05, 0) is 63.1 Å². The number of para-hydroxylation sites is 1. The van der Waals surface area contributed by atoms with Gasteiger partial charge in [-0.25, -0.2) is 4.68 Å². The Kier molecular flexibility index (Phi) is 6.09. The molecule has 1 saturated heterocycles. The summed E-state index contributed by atoms with van der Waals surface area (Å²) in [5.74, 6) is -0.0755. The van der Waals surface area contributed by atoms with Gasteiger partial charge < -0.3 is 10.2 Å². The number of halogens is 1. The number of carbonyl (C=O) groups is 2. The molecule has 1 aliphatic heterocycles. The molecule has 2 aromatic carbocycles. The molecule has 0 aliphatic carbocycles. The number of nitrogens with one attached hydrogen (secondary N) is 1. The minimum Gasteiger partial charge on any atom is -0.339 e. The smallest absolute Gasteiger partial charge is 0.253 e. The third kappa shape index (κ3) is 4.49. The van der Waals surface area contributed by atoms with Crippen molar-refractivity contribution < 1.29 is 9.59 Å². The van der Waals surface area contributed by atoms with E-state index in [9.17, 15) is 9.59 Å². The van der Waals surface area contributed by atoms with Crippen LogP contribution >= 0.6 is 11.6 Å². The minimum absolute atomic E-state index is 0.0140. The van der Waals surface area contributed by atoms with Crippen LogP contribution in [-0.4, -0.2) is 39.6 Å².